The van der Waals surface area contributed by atoms with Gasteiger partial charge in [-0.25, -0.2) is 10.3 Å². The second kappa shape index (κ2) is 2.48. The van der Waals surface area contributed by atoms with Gasteiger partial charge in [0, 0.05) is 0 Å². The van der Waals surface area contributed by atoms with Crippen molar-refractivity contribution in [3.05, 3.63) is 36.4 Å². The molecule has 1 aliphatic heterocycles. The molecule has 0 radical (unpaired) electrons. The molecule has 0 spiro atoms. The van der Waals surface area contributed by atoms with Crippen molar-refractivity contribution < 1.29 is 4.99 Å². The second-order valence-corrected chi connectivity index (χ2v) is 3.37. The summed E-state index contributed by atoms with van der Waals surface area (Å²) in [6, 6.07) is 12.3. The van der Waals surface area contributed by atoms with Crippen LogP contribution in [0.5, 0.6) is 0 Å². The molecule has 0 amide bonds. The summed E-state index contributed by atoms with van der Waals surface area (Å²) in [7, 11) is 0. The maximum Gasteiger partial charge on any atom is 0.351 e. The van der Waals surface area contributed by atoms with Crippen LogP contribution < -0.4 is 16.0 Å². The summed E-state index contributed by atoms with van der Waals surface area (Å²) in [6.07, 6.45) is 0. The highest BCUT2D eigenvalue weighted by Crippen LogP contribution is 2.28. The number of anilines is 1. The molecule has 0 bridgehead atoms. The zero-order chi connectivity index (χ0) is 9.54. The zero-order valence-corrected chi connectivity index (χ0v) is 7.54. The van der Waals surface area contributed by atoms with E-state index >= 15 is 0 Å². The topological polar surface area (TPSA) is 52.0 Å². The van der Waals surface area contributed by atoms with E-state index in [0.717, 1.165) is 11.4 Å². The quantitative estimate of drug-likeness (QED) is 0.551. The van der Waals surface area contributed by atoms with E-state index in [1.165, 1.54) is 10.8 Å². The van der Waals surface area contributed by atoms with E-state index in [2.05, 4.69) is 22.4 Å². The van der Waals surface area contributed by atoms with Gasteiger partial charge in [-0.1, -0.05) is 24.3 Å². The van der Waals surface area contributed by atoms with Gasteiger partial charge in [0.05, 0.1) is 5.39 Å². The monoisotopic (exact) mass is 184 g/mol. The van der Waals surface area contributed by atoms with Crippen LogP contribution in [0.2, 0.25) is 0 Å². The fraction of sp³-hybridized carbons (Fsp3) is 0. The van der Waals surface area contributed by atoms with Gasteiger partial charge in [0.15, 0.2) is 0 Å². The molecule has 0 atom stereocenters. The molecule has 0 aromatic heterocycles. The Morgan fingerprint density at radius 3 is 2.71 bits per heavy atom. The van der Waals surface area contributed by atoms with Gasteiger partial charge < -0.3 is 0 Å². The number of benzene rings is 2. The third-order valence-electron chi connectivity index (χ3n) is 2.44. The predicted octanol–water partition coefficient (Wildman–Crippen LogP) is 0.292. The van der Waals surface area contributed by atoms with Gasteiger partial charge in [0.1, 0.15) is 11.4 Å². The lowest BCUT2D eigenvalue weighted by atomic mass is 10.1. The largest absolute Gasteiger partial charge is 0.351 e. The Morgan fingerprint density at radius 2 is 1.86 bits per heavy atom. The summed E-state index contributed by atoms with van der Waals surface area (Å²) in [6.45, 7) is 0. The van der Waals surface area contributed by atoms with Crippen LogP contribution in [0.1, 0.15) is 0 Å². The maximum absolute atomic E-state index is 5.72. The van der Waals surface area contributed by atoms with E-state index in [1.807, 2.05) is 24.3 Å². The Morgan fingerprint density at radius 1 is 1.07 bits per heavy atom. The number of hydrogen-bond acceptors (Lipinski definition) is 2. The summed E-state index contributed by atoms with van der Waals surface area (Å²) in [5.74, 6) is 0.580. The molecule has 0 saturated heterocycles. The molecule has 2 aromatic rings. The predicted molar refractivity (Wildman–Crippen MR) is 57.4 cm³/mol. The number of nitrogens with one attached hydrogen (secondary N) is 2. The van der Waals surface area contributed by atoms with Crippen LogP contribution in [0.3, 0.4) is 0 Å². The Bertz CT molecular complexity index is 538. The highest BCUT2D eigenvalue weighted by atomic mass is 15.1. The summed E-state index contributed by atoms with van der Waals surface area (Å²) in [5.41, 5.74) is 7.85. The molecular formula is C11H10N3+. The minimum Gasteiger partial charge on any atom is -0.290 e. The first-order valence-corrected chi connectivity index (χ1v) is 4.53. The molecular weight excluding hydrogens is 174 g/mol. The van der Waals surface area contributed by atoms with Crippen LogP contribution in [-0.2, 0) is 0 Å². The minimum atomic E-state index is 0.580. The average Bonchev–Trinajstić information content (AvgIpc) is 2.18. The van der Waals surface area contributed by atoms with Crippen LogP contribution >= 0.6 is 0 Å². The molecule has 0 unspecified atom stereocenters. The van der Waals surface area contributed by atoms with Crippen molar-refractivity contribution in [3.63, 3.8) is 0 Å². The fourth-order valence-electron chi connectivity index (χ4n) is 1.87. The number of hydrogen-bond donors (Lipinski definition) is 3. The minimum absolute atomic E-state index is 0.580. The molecule has 3 heteroatoms. The summed E-state index contributed by atoms with van der Waals surface area (Å²) >= 11 is 0. The molecule has 4 N–H and O–H groups in total. The molecule has 1 aliphatic rings. The van der Waals surface area contributed by atoms with Crippen LogP contribution in [0.4, 0.5) is 11.4 Å². The lowest BCUT2D eigenvalue weighted by Crippen LogP contribution is -2.72. The van der Waals surface area contributed by atoms with Gasteiger partial charge in [-0.3, -0.25) is 5.73 Å². The number of nitrogens with two attached hydrogens (primary N) is 1. The number of guanidine groups is 1. The standard InChI is InChI=1S/C11H9N3/c12-11-13-8-5-1-3-7-4-2-6-9(14-11)10(7)8/h1-6H,(H3,12,13,14)/p+1. The van der Waals surface area contributed by atoms with E-state index in [0.29, 0.717) is 5.96 Å². The molecule has 3 rings (SSSR count). The zero-order valence-electron chi connectivity index (χ0n) is 7.54. The van der Waals surface area contributed by atoms with Crippen LogP contribution in [-0.4, -0.2) is 5.96 Å². The third kappa shape index (κ3) is 0.893. The molecule has 0 saturated carbocycles. The normalized spacial score (nSPS) is 13.6. The van der Waals surface area contributed by atoms with E-state index in [1.54, 1.807) is 0 Å². The molecule has 0 fully saturated rings. The Balaban J connectivity index is 2.50. The van der Waals surface area contributed by atoms with Gasteiger partial charge in [-0.15, -0.1) is 0 Å². The first-order valence-electron chi connectivity index (χ1n) is 4.53. The van der Waals surface area contributed by atoms with E-state index in [-0.39, 0.29) is 0 Å². The summed E-state index contributed by atoms with van der Waals surface area (Å²) in [5, 5.41) is 5.52. The van der Waals surface area contributed by atoms with Gasteiger partial charge in [-0.2, -0.15) is 0 Å². The van der Waals surface area contributed by atoms with Crippen LogP contribution in [0.15, 0.2) is 36.4 Å². The number of rotatable bonds is 0. The molecule has 1 heterocycles. The van der Waals surface area contributed by atoms with Crippen molar-refractivity contribution in [2.24, 2.45) is 5.73 Å². The summed E-state index contributed by atoms with van der Waals surface area (Å²) in [4.78, 5) is 3.11. The first kappa shape index (κ1) is 7.38. The molecule has 68 valence electrons. The highest BCUT2D eigenvalue weighted by Gasteiger charge is 2.15. The van der Waals surface area contributed by atoms with Gasteiger partial charge in [0.2, 0.25) is 0 Å². The van der Waals surface area contributed by atoms with Crippen molar-refractivity contribution in [2.75, 3.05) is 5.32 Å². The van der Waals surface area contributed by atoms with E-state index < -0.39 is 0 Å². The lowest BCUT2D eigenvalue weighted by molar-refractivity contribution is -0.353. The van der Waals surface area contributed by atoms with Crippen molar-refractivity contribution in [2.45, 2.75) is 0 Å². The average molecular weight is 184 g/mol. The van der Waals surface area contributed by atoms with Crippen LogP contribution in [0.25, 0.3) is 10.8 Å². The van der Waals surface area contributed by atoms with Crippen molar-refractivity contribution >= 4 is 28.1 Å². The molecule has 14 heavy (non-hydrogen) atoms. The van der Waals surface area contributed by atoms with Gasteiger partial charge in [0.25, 0.3) is 0 Å². The lowest BCUT2D eigenvalue weighted by Gasteiger charge is -2.11. The SMILES string of the molecule is NC1=[NH+]c2cccc3cccc(c23)N1. The Labute approximate surface area is 81.3 Å². The summed E-state index contributed by atoms with van der Waals surface area (Å²) < 4.78 is 0. The van der Waals surface area contributed by atoms with Gasteiger partial charge in [-0.05, 0) is 17.5 Å². The molecule has 3 nitrogen and oxygen atoms in total. The van der Waals surface area contributed by atoms with Crippen molar-refractivity contribution in [1.82, 2.24) is 0 Å². The second-order valence-electron chi connectivity index (χ2n) is 3.37. The third-order valence-corrected chi connectivity index (χ3v) is 2.44. The highest BCUT2D eigenvalue weighted by molar-refractivity contribution is 6.08. The molecule has 0 aliphatic carbocycles. The van der Waals surface area contributed by atoms with Gasteiger partial charge >= 0.3 is 5.96 Å². The van der Waals surface area contributed by atoms with Crippen molar-refractivity contribution in [3.8, 4) is 0 Å². The molecule has 2 aromatic carbocycles. The van der Waals surface area contributed by atoms with Crippen molar-refractivity contribution in [1.29, 1.82) is 0 Å². The maximum atomic E-state index is 5.72. The van der Waals surface area contributed by atoms with E-state index in [9.17, 15) is 0 Å². The fourth-order valence-corrected chi connectivity index (χ4v) is 1.87. The Kier molecular flexibility index (Phi) is 1.31. The van der Waals surface area contributed by atoms with Crippen LogP contribution in [0, 0.1) is 0 Å². The Hall–Kier alpha value is -2.03. The first-order chi connectivity index (χ1) is 6.84. The van der Waals surface area contributed by atoms with E-state index in [4.69, 9.17) is 5.73 Å². The smallest absolute Gasteiger partial charge is 0.290 e.